The van der Waals surface area contributed by atoms with Crippen molar-refractivity contribution in [3.05, 3.63) is 28.8 Å². The summed E-state index contributed by atoms with van der Waals surface area (Å²) in [6.45, 7) is 2.62. The van der Waals surface area contributed by atoms with Crippen molar-refractivity contribution in [3.63, 3.8) is 0 Å². The predicted octanol–water partition coefficient (Wildman–Crippen LogP) is 3.05. The van der Waals surface area contributed by atoms with Crippen LogP contribution in [0.3, 0.4) is 0 Å². The van der Waals surface area contributed by atoms with Gasteiger partial charge in [-0.3, -0.25) is 0 Å². The molecule has 0 saturated carbocycles. The van der Waals surface area contributed by atoms with E-state index in [0.29, 0.717) is 16.5 Å². The fourth-order valence-electron chi connectivity index (χ4n) is 1.99. The van der Waals surface area contributed by atoms with Gasteiger partial charge in [0.2, 0.25) is 0 Å². The maximum atomic E-state index is 8.99. The van der Waals surface area contributed by atoms with Crippen molar-refractivity contribution < 1.29 is 4.74 Å². The van der Waals surface area contributed by atoms with Crippen molar-refractivity contribution in [2.45, 2.75) is 12.8 Å². The van der Waals surface area contributed by atoms with Gasteiger partial charge in [-0.2, -0.15) is 5.26 Å². The number of anilines is 1. The number of hydrogen-bond donors (Lipinski definition) is 1. The van der Waals surface area contributed by atoms with Crippen LogP contribution in [-0.2, 0) is 4.74 Å². The van der Waals surface area contributed by atoms with Crippen LogP contribution >= 0.6 is 11.6 Å². The number of hydrogen-bond acceptors (Lipinski definition) is 3. The lowest BCUT2D eigenvalue weighted by Gasteiger charge is -2.11. The Bertz CT molecular complexity index is 422. The third-order valence-electron chi connectivity index (χ3n) is 2.99. The molecule has 1 aliphatic heterocycles. The lowest BCUT2D eigenvalue weighted by molar-refractivity contribution is 0.185. The van der Waals surface area contributed by atoms with E-state index in [1.54, 1.807) is 12.1 Å². The van der Waals surface area contributed by atoms with Gasteiger partial charge < -0.3 is 10.1 Å². The summed E-state index contributed by atoms with van der Waals surface area (Å²) in [6.07, 6.45) is 2.22. The Morgan fingerprint density at radius 2 is 2.41 bits per heavy atom. The highest BCUT2D eigenvalue weighted by Crippen LogP contribution is 2.21. The average molecular weight is 251 g/mol. The molecule has 90 valence electrons. The number of halogens is 1. The maximum absolute atomic E-state index is 8.99. The molecule has 0 aliphatic carbocycles. The first-order valence-corrected chi connectivity index (χ1v) is 6.18. The van der Waals surface area contributed by atoms with Crippen molar-refractivity contribution in [3.8, 4) is 6.07 Å². The molecule has 0 aromatic heterocycles. The van der Waals surface area contributed by atoms with Crippen LogP contribution in [0.1, 0.15) is 18.4 Å². The number of nitriles is 1. The summed E-state index contributed by atoms with van der Waals surface area (Å²) >= 11 is 5.84. The second-order valence-electron chi connectivity index (χ2n) is 4.25. The van der Waals surface area contributed by atoms with Crippen molar-refractivity contribution in [1.82, 2.24) is 0 Å². The summed E-state index contributed by atoms with van der Waals surface area (Å²) in [4.78, 5) is 0. The van der Waals surface area contributed by atoms with E-state index >= 15 is 0 Å². The summed E-state index contributed by atoms with van der Waals surface area (Å²) in [5, 5.41) is 12.9. The van der Waals surface area contributed by atoms with Crippen LogP contribution in [0.15, 0.2) is 18.2 Å². The highest BCUT2D eigenvalue weighted by Gasteiger charge is 2.14. The fraction of sp³-hybridized carbons (Fsp3) is 0.462. The van der Waals surface area contributed by atoms with Gasteiger partial charge in [-0.15, -0.1) is 0 Å². The molecule has 0 bridgehead atoms. The van der Waals surface area contributed by atoms with Gasteiger partial charge in [0, 0.05) is 24.8 Å². The minimum atomic E-state index is 0.594. The number of ether oxygens (including phenoxy) is 1. The van der Waals surface area contributed by atoms with Crippen LogP contribution in [0.2, 0.25) is 5.02 Å². The zero-order valence-corrected chi connectivity index (χ0v) is 10.3. The molecule has 0 amide bonds. The highest BCUT2D eigenvalue weighted by atomic mass is 35.5. The highest BCUT2D eigenvalue weighted by molar-refractivity contribution is 6.30. The van der Waals surface area contributed by atoms with Crippen LogP contribution in [0.25, 0.3) is 0 Å². The van der Waals surface area contributed by atoms with Crippen LogP contribution in [0.5, 0.6) is 0 Å². The summed E-state index contributed by atoms with van der Waals surface area (Å²) < 4.78 is 5.32. The Hall–Kier alpha value is -1.24. The van der Waals surface area contributed by atoms with E-state index in [0.717, 1.165) is 38.3 Å². The quantitative estimate of drug-likeness (QED) is 0.893. The van der Waals surface area contributed by atoms with E-state index in [9.17, 15) is 0 Å². The van der Waals surface area contributed by atoms with Crippen LogP contribution < -0.4 is 5.32 Å². The molecule has 4 heteroatoms. The number of nitrogens with zero attached hydrogens (tertiary/aromatic N) is 1. The molecule has 1 aromatic rings. The predicted molar refractivity (Wildman–Crippen MR) is 68.2 cm³/mol. The number of nitrogens with one attached hydrogen (secondary N) is 1. The molecule has 1 heterocycles. The third kappa shape index (κ3) is 3.36. The smallest absolute Gasteiger partial charge is 0.101 e. The van der Waals surface area contributed by atoms with Crippen LogP contribution in [0, 0.1) is 17.2 Å². The van der Waals surface area contributed by atoms with Crippen molar-refractivity contribution >= 4 is 17.3 Å². The molecule has 1 aromatic carbocycles. The molecular formula is C13H15ClN2O. The van der Waals surface area contributed by atoms with Gasteiger partial charge in [-0.25, -0.2) is 0 Å². The summed E-state index contributed by atoms with van der Waals surface area (Å²) in [5.74, 6) is 0.653. The van der Waals surface area contributed by atoms with Gasteiger partial charge in [0.15, 0.2) is 0 Å². The molecule has 0 radical (unpaired) electrons. The van der Waals surface area contributed by atoms with Crippen LogP contribution in [-0.4, -0.2) is 19.8 Å². The molecule has 3 nitrogen and oxygen atoms in total. The topological polar surface area (TPSA) is 45.0 Å². The van der Waals surface area contributed by atoms with Crippen molar-refractivity contribution in [1.29, 1.82) is 5.26 Å². The molecule has 1 aliphatic rings. The third-order valence-corrected chi connectivity index (χ3v) is 3.23. The van der Waals surface area contributed by atoms with Gasteiger partial charge in [-0.1, -0.05) is 11.6 Å². The largest absolute Gasteiger partial charge is 0.384 e. The molecule has 1 fully saturated rings. The van der Waals surface area contributed by atoms with E-state index in [1.165, 1.54) is 0 Å². The molecule has 17 heavy (non-hydrogen) atoms. The van der Waals surface area contributed by atoms with Crippen LogP contribution in [0.4, 0.5) is 5.69 Å². The van der Waals surface area contributed by atoms with Gasteiger partial charge in [0.05, 0.1) is 11.3 Å². The first-order valence-electron chi connectivity index (χ1n) is 5.81. The normalized spacial score (nSPS) is 18.9. The lowest BCUT2D eigenvalue weighted by atomic mass is 10.1. The zero-order chi connectivity index (χ0) is 12.1. The Kier molecular flexibility index (Phi) is 4.24. The van der Waals surface area contributed by atoms with E-state index in [2.05, 4.69) is 11.4 Å². The summed E-state index contributed by atoms with van der Waals surface area (Å²) in [7, 11) is 0. The van der Waals surface area contributed by atoms with E-state index in [-0.39, 0.29) is 0 Å². The van der Waals surface area contributed by atoms with Gasteiger partial charge in [0.1, 0.15) is 6.07 Å². The monoisotopic (exact) mass is 250 g/mol. The minimum Gasteiger partial charge on any atom is -0.384 e. The number of benzene rings is 1. The van der Waals surface area contributed by atoms with Crippen molar-refractivity contribution in [2.24, 2.45) is 5.92 Å². The standard InChI is InChI=1S/C13H15ClN2O/c14-12-1-2-13(11(7-12)8-15)16-5-3-10-4-6-17-9-10/h1-2,7,10,16H,3-6,9H2. The number of rotatable bonds is 4. The van der Waals surface area contributed by atoms with Gasteiger partial charge in [0.25, 0.3) is 0 Å². The Morgan fingerprint density at radius 3 is 3.12 bits per heavy atom. The summed E-state index contributed by atoms with van der Waals surface area (Å²) in [5.41, 5.74) is 1.45. The van der Waals surface area contributed by atoms with E-state index in [4.69, 9.17) is 21.6 Å². The Labute approximate surface area is 106 Å². The average Bonchev–Trinajstić information content (AvgIpc) is 2.84. The fourth-order valence-corrected chi connectivity index (χ4v) is 2.16. The first-order chi connectivity index (χ1) is 8.29. The zero-order valence-electron chi connectivity index (χ0n) is 9.58. The van der Waals surface area contributed by atoms with E-state index in [1.807, 2.05) is 6.07 Å². The molecule has 0 spiro atoms. The summed E-state index contributed by atoms with van der Waals surface area (Å²) in [6, 6.07) is 7.47. The molecule has 1 saturated heterocycles. The van der Waals surface area contributed by atoms with E-state index < -0.39 is 0 Å². The van der Waals surface area contributed by atoms with Gasteiger partial charge >= 0.3 is 0 Å². The maximum Gasteiger partial charge on any atom is 0.101 e. The Balaban J connectivity index is 1.88. The molecule has 1 N–H and O–H groups in total. The van der Waals surface area contributed by atoms with Crippen molar-refractivity contribution in [2.75, 3.05) is 25.1 Å². The molecular weight excluding hydrogens is 236 g/mol. The molecule has 1 unspecified atom stereocenters. The van der Waals surface area contributed by atoms with Gasteiger partial charge in [-0.05, 0) is 37.0 Å². The SMILES string of the molecule is N#Cc1cc(Cl)ccc1NCCC1CCOC1. The lowest BCUT2D eigenvalue weighted by Crippen LogP contribution is -2.09. The molecule has 2 rings (SSSR count). The molecule has 1 atom stereocenters. The second-order valence-corrected chi connectivity index (χ2v) is 4.68. The minimum absolute atomic E-state index is 0.594. The Morgan fingerprint density at radius 1 is 1.53 bits per heavy atom. The first kappa shape index (κ1) is 12.2. The second kappa shape index (κ2) is 5.90.